The van der Waals surface area contributed by atoms with E-state index in [0.717, 1.165) is 44.0 Å². The van der Waals surface area contributed by atoms with Gasteiger partial charge in [-0.15, -0.1) is 37.2 Å². The SMILES string of the molecule is CCN1CCN(c2ccc(F)cc2C(C)NC(=O)C(N)COC)CC1.Cl.Cl.Cl. The molecule has 1 fully saturated rings. The molecule has 1 heterocycles. The molecule has 0 radical (unpaired) electrons. The number of nitrogens with two attached hydrogens (primary N) is 1. The lowest BCUT2D eigenvalue weighted by Crippen LogP contribution is -2.47. The van der Waals surface area contributed by atoms with E-state index in [0.29, 0.717) is 0 Å². The average Bonchev–Trinajstić information content (AvgIpc) is 2.62. The van der Waals surface area contributed by atoms with Gasteiger partial charge in [0.1, 0.15) is 11.9 Å². The molecule has 28 heavy (non-hydrogen) atoms. The summed E-state index contributed by atoms with van der Waals surface area (Å²) in [6, 6.07) is 3.68. The van der Waals surface area contributed by atoms with E-state index in [1.54, 1.807) is 6.07 Å². The molecule has 0 bridgehead atoms. The van der Waals surface area contributed by atoms with Gasteiger partial charge in [0.25, 0.3) is 0 Å². The highest BCUT2D eigenvalue weighted by molar-refractivity contribution is 5.86. The maximum Gasteiger partial charge on any atom is 0.239 e. The van der Waals surface area contributed by atoms with Gasteiger partial charge in [-0.3, -0.25) is 4.79 Å². The number of amides is 1. The van der Waals surface area contributed by atoms with Gasteiger partial charge in [-0.2, -0.15) is 0 Å². The van der Waals surface area contributed by atoms with E-state index in [9.17, 15) is 9.18 Å². The first kappa shape index (κ1) is 29.4. The number of rotatable bonds is 7. The van der Waals surface area contributed by atoms with Crippen molar-refractivity contribution < 1.29 is 13.9 Å². The minimum absolute atomic E-state index is 0. The second-order valence-electron chi connectivity index (χ2n) is 6.42. The summed E-state index contributed by atoms with van der Waals surface area (Å²) >= 11 is 0. The Hall–Kier alpha value is -0.830. The number of benzene rings is 1. The van der Waals surface area contributed by atoms with Gasteiger partial charge in [0, 0.05) is 44.5 Å². The summed E-state index contributed by atoms with van der Waals surface area (Å²) in [5.74, 6) is -0.617. The van der Waals surface area contributed by atoms with Crippen molar-refractivity contribution in [1.29, 1.82) is 0 Å². The molecule has 164 valence electrons. The fourth-order valence-corrected chi connectivity index (χ4v) is 3.12. The van der Waals surface area contributed by atoms with Crippen LogP contribution in [0.15, 0.2) is 18.2 Å². The van der Waals surface area contributed by atoms with Crippen molar-refractivity contribution in [2.45, 2.75) is 25.9 Å². The van der Waals surface area contributed by atoms with Crippen molar-refractivity contribution >= 4 is 48.8 Å². The fourth-order valence-electron chi connectivity index (χ4n) is 3.12. The van der Waals surface area contributed by atoms with Crippen molar-refractivity contribution in [3.05, 3.63) is 29.6 Å². The summed E-state index contributed by atoms with van der Waals surface area (Å²) in [6.07, 6.45) is 0. The van der Waals surface area contributed by atoms with Crippen LogP contribution in [0, 0.1) is 5.82 Å². The minimum atomic E-state index is -0.738. The number of anilines is 1. The number of nitrogens with one attached hydrogen (secondary N) is 1. The number of halogens is 4. The molecule has 2 atom stereocenters. The Balaban J connectivity index is 0. The summed E-state index contributed by atoms with van der Waals surface area (Å²) in [4.78, 5) is 16.8. The molecule has 1 amide bonds. The topological polar surface area (TPSA) is 70.8 Å². The normalized spacial score (nSPS) is 16.1. The monoisotopic (exact) mass is 460 g/mol. The number of carbonyl (C=O) groups is 1. The standard InChI is InChI=1S/C18H29FN4O2.3ClH/c1-4-22-7-9-23(10-8-22)17-6-5-14(19)11-15(17)13(2)21-18(24)16(20)12-25-3;;;/h5-6,11,13,16H,4,7-10,12,20H2,1-3H3,(H,21,24);3*1H. The lowest BCUT2D eigenvalue weighted by molar-refractivity contribution is -0.124. The molecule has 1 saturated heterocycles. The van der Waals surface area contributed by atoms with Crippen LogP contribution in [-0.2, 0) is 9.53 Å². The summed E-state index contributed by atoms with van der Waals surface area (Å²) in [7, 11) is 1.50. The maximum atomic E-state index is 13.8. The smallest absolute Gasteiger partial charge is 0.239 e. The van der Waals surface area contributed by atoms with Crippen LogP contribution in [0.2, 0.25) is 0 Å². The third-order valence-electron chi connectivity index (χ3n) is 4.66. The first-order chi connectivity index (χ1) is 12.0. The summed E-state index contributed by atoms with van der Waals surface area (Å²) in [5.41, 5.74) is 7.50. The maximum absolute atomic E-state index is 13.8. The van der Waals surface area contributed by atoms with Crippen LogP contribution in [0.25, 0.3) is 0 Å². The molecular formula is C18H32Cl3FN4O2. The second kappa shape index (κ2) is 14.2. The van der Waals surface area contributed by atoms with Gasteiger partial charge < -0.3 is 25.6 Å². The van der Waals surface area contributed by atoms with E-state index in [1.807, 2.05) is 6.92 Å². The van der Waals surface area contributed by atoms with Gasteiger partial charge in [0.2, 0.25) is 5.91 Å². The lowest BCUT2D eigenvalue weighted by Gasteiger charge is -2.37. The number of carbonyl (C=O) groups excluding carboxylic acids is 1. The molecule has 3 N–H and O–H groups in total. The Morgan fingerprint density at radius 1 is 1.25 bits per heavy atom. The van der Waals surface area contributed by atoms with Gasteiger partial charge >= 0.3 is 0 Å². The molecule has 2 rings (SSSR count). The molecule has 0 spiro atoms. The van der Waals surface area contributed by atoms with Gasteiger partial charge in [-0.05, 0) is 31.7 Å². The van der Waals surface area contributed by atoms with Gasteiger partial charge in [-0.25, -0.2) is 4.39 Å². The van der Waals surface area contributed by atoms with Gasteiger partial charge in [0.05, 0.1) is 12.6 Å². The molecule has 0 aliphatic carbocycles. The van der Waals surface area contributed by atoms with Crippen molar-refractivity contribution in [1.82, 2.24) is 10.2 Å². The summed E-state index contributed by atoms with van der Waals surface area (Å²) in [6.45, 7) is 8.91. The molecule has 1 aromatic carbocycles. The van der Waals surface area contributed by atoms with E-state index < -0.39 is 6.04 Å². The molecule has 1 aliphatic heterocycles. The van der Waals surface area contributed by atoms with Gasteiger partial charge in [-0.1, -0.05) is 6.92 Å². The van der Waals surface area contributed by atoms with E-state index in [1.165, 1.54) is 19.2 Å². The first-order valence-electron chi connectivity index (χ1n) is 8.77. The second-order valence-corrected chi connectivity index (χ2v) is 6.42. The van der Waals surface area contributed by atoms with Crippen LogP contribution in [-0.4, -0.2) is 63.3 Å². The lowest BCUT2D eigenvalue weighted by atomic mass is 10.0. The van der Waals surface area contributed by atoms with Crippen molar-refractivity contribution in [3.8, 4) is 0 Å². The van der Waals surface area contributed by atoms with Crippen LogP contribution in [0.5, 0.6) is 0 Å². The average molecular weight is 462 g/mol. The predicted octanol–water partition coefficient (Wildman–Crippen LogP) is 2.38. The Labute approximate surface area is 185 Å². The van der Waals surface area contributed by atoms with E-state index >= 15 is 0 Å². The third kappa shape index (κ3) is 7.89. The van der Waals surface area contributed by atoms with E-state index in [2.05, 4.69) is 22.0 Å². The van der Waals surface area contributed by atoms with Crippen LogP contribution in [0.3, 0.4) is 0 Å². The zero-order valence-corrected chi connectivity index (χ0v) is 19.0. The highest BCUT2D eigenvalue weighted by Crippen LogP contribution is 2.28. The van der Waals surface area contributed by atoms with Crippen molar-refractivity contribution in [3.63, 3.8) is 0 Å². The van der Waals surface area contributed by atoms with Crippen LogP contribution < -0.4 is 16.0 Å². The number of piperazine rings is 1. The number of hydrogen-bond acceptors (Lipinski definition) is 5. The molecule has 0 saturated carbocycles. The highest BCUT2D eigenvalue weighted by atomic mass is 35.5. The Morgan fingerprint density at radius 2 is 1.86 bits per heavy atom. The Morgan fingerprint density at radius 3 is 2.39 bits per heavy atom. The molecule has 0 aromatic heterocycles. The minimum Gasteiger partial charge on any atom is -0.383 e. The molecule has 6 nitrogen and oxygen atoms in total. The van der Waals surface area contributed by atoms with E-state index in [4.69, 9.17) is 10.5 Å². The van der Waals surface area contributed by atoms with Crippen LogP contribution in [0.4, 0.5) is 10.1 Å². The van der Waals surface area contributed by atoms with Crippen LogP contribution in [0.1, 0.15) is 25.5 Å². The molecule has 10 heteroatoms. The number of ether oxygens (including phenoxy) is 1. The highest BCUT2D eigenvalue weighted by Gasteiger charge is 2.23. The summed E-state index contributed by atoms with van der Waals surface area (Å²) in [5, 5.41) is 2.86. The third-order valence-corrected chi connectivity index (χ3v) is 4.66. The Bertz CT molecular complexity index is 590. The van der Waals surface area contributed by atoms with E-state index in [-0.39, 0.29) is 61.6 Å². The van der Waals surface area contributed by atoms with Gasteiger partial charge in [0.15, 0.2) is 0 Å². The number of likely N-dealkylation sites (N-methyl/N-ethyl adjacent to an activating group) is 1. The van der Waals surface area contributed by atoms with Crippen molar-refractivity contribution in [2.24, 2.45) is 5.73 Å². The number of nitrogens with zero attached hydrogens (tertiary/aromatic N) is 2. The quantitative estimate of drug-likeness (QED) is 0.652. The molecule has 2 unspecified atom stereocenters. The predicted molar refractivity (Wildman–Crippen MR) is 119 cm³/mol. The number of hydrogen-bond donors (Lipinski definition) is 2. The largest absolute Gasteiger partial charge is 0.383 e. The summed E-state index contributed by atoms with van der Waals surface area (Å²) < 4.78 is 18.7. The zero-order valence-electron chi connectivity index (χ0n) is 16.5. The van der Waals surface area contributed by atoms with Crippen LogP contribution >= 0.6 is 37.2 Å². The first-order valence-corrected chi connectivity index (χ1v) is 8.77. The fraction of sp³-hybridized carbons (Fsp3) is 0.611. The number of methoxy groups -OCH3 is 1. The molecule has 1 aliphatic rings. The zero-order chi connectivity index (χ0) is 18.4. The molecule has 1 aromatic rings. The Kier molecular flexibility index (Phi) is 14.9. The molecular weight excluding hydrogens is 430 g/mol. The van der Waals surface area contributed by atoms with Crippen molar-refractivity contribution in [2.75, 3.05) is 51.3 Å².